The monoisotopic (exact) mass is 121 g/mol. The summed E-state index contributed by atoms with van der Waals surface area (Å²) in [6, 6.07) is 6.10. The molecule has 1 aromatic carbocycles. The molecule has 0 spiro atoms. The van der Waals surface area contributed by atoms with E-state index in [0.29, 0.717) is 0 Å². The third kappa shape index (κ3) is 0.576. The van der Waals surface area contributed by atoms with E-state index >= 15 is 0 Å². The van der Waals surface area contributed by atoms with Gasteiger partial charge in [-0.2, -0.15) is 0 Å². The lowest BCUT2D eigenvalue weighted by molar-refractivity contribution is 0.588. The molecule has 1 aromatic rings. The Hall–Kier alpha value is -0.850. The zero-order valence-electron chi connectivity index (χ0n) is 4.95. The highest BCUT2D eigenvalue weighted by Crippen LogP contribution is 2.23. The number of fused-ring (bicyclic) bond motifs is 1. The van der Waals surface area contributed by atoms with Crippen LogP contribution in [0, 0.1) is 11.9 Å². The molecule has 9 heavy (non-hydrogen) atoms. The summed E-state index contributed by atoms with van der Waals surface area (Å²) in [6.45, 7) is 0. The molecule has 0 heterocycles. The number of aryl methyl sites for hydroxylation is 1. The fourth-order valence-electron chi connectivity index (χ4n) is 1.11. The minimum Gasteiger partial charge on any atom is -0.207 e. The minimum atomic E-state index is -0.0602. The van der Waals surface area contributed by atoms with Crippen LogP contribution in [0.15, 0.2) is 12.1 Å². The summed E-state index contributed by atoms with van der Waals surface area (Å²) in [6.07, 6.45) is 1.91. The van der Waals surface area contributed by atoms with Crippen LogP contribution in [-0.4, -0.2) is 0 Å². The van der Waals surface area contributed by atoms with Crippen LogP contribution in [0.4, 0.5) is 4.39 Å². The van der Waals surface area contributed by atoms with E-state index in [9.17, 15) is 4.39 Å². The molecule has 0 saturated carbocycles. The van der Waals surface area contributed by atoms with Gasteiger partial charge in [0, 0.05) is 0 Å². The van der Waals surface area contributed by atoms with Crippen molar-refractivity contribution < 1.29 is 4.39 Å². The summed E-state index contributed by atoms with van der Waals surface area (Å²) in [7, 11) is 0. The number of halogens is 1. The summed E-state index contributed by atoms with van der Waals surface area (Å²) in [5, 5.41) is 0. The average Bonchev–Trinajstić information content (AvgIpc) is 1.74. The Morgan fingerprint density at radius 3 is 2.78 bits per heavy atom. The molecule has 1 aliphatic carbocycles. The highest BCUT2D eigenvalue weighted by molar-refractivity contribution is 5.35. The molecule has 0 N–H and O–H groups in total. The molecule has 0 nitrogen and oxygen atoms in total. The van der Waals surface area contributed by atoms with Crippen molar-refractivity contribution in [2.45, 2.75) is 12.8 Å². The van der Waals surface area contributed by atoms with Crippen molar-refractivity contribution >= 4 is 0 Å². The molecule has 1 aliphatic rings. The zero-order chi connectivity index (χ0) is 6.27. The van der Waals surface area contributed by atoms with Crippen molar-refractivity contribution in [3.63, 3.8) is 0 Å². The molecule has 0 amide bonds. The topological polar surface area (TPSA) is 0 Å². The van der Waals surface area contributed by atoms with Gasteiger partial charge < -0.3 is 0 Å². The van der Waals surface area contributed by atoms with E-state index in [2.05, 4.69) is 6.07 Å². The van der Waals surface area contributed by atoms with E-state index < -0.39 is 0 Å². The number of rotatable bonds is 0. The van der Waals surface area contributed by atoms with Crippen LogP contribution in [-0.2, 0) is 12.8 Å². The van der Waals surface area contributed by atoms with E-state index in [1.165, 1.54) is 6.07 Å². The van der Waals surface area contributed by atoms with Crippen LogP contribution < -0.4 is 0 Å². The summed E-state index contributed by atoms with van der Waals surface area (Å²) < 4.78 is 12.6. The summed E-state index contributed by atoms with van der Waals surface area (Å²) >= 11 is 0. The smallest absolute Gasteiger partial charge is 0.126 e. The second kappa shape index (κ2) is 1.56. The Bertz CT molecular complexity index is 226. The van der Waals surface area contributed by atoms with Gasteiger partial charge in [-0.1, -0.05) is 6.07 Å². The van der Waals surface area contributed by atoms with Gasteiger partial charge in [-0.3, -0.25) is 0 Å². The molecule has 0 bridgehead atoms. The van der Waals surface area contributed by atoms with Gasteiger partial charge in [-0.25, -0.2) is 4.39 Å². The van der Waals surface area contributed by atoms with Crippen molar-refractivity contribution in [2.24, 2.45) is 0 Å². The molecule has 0 saturated heterocycles. The van der Waals surface area contributed by atoms with E-state index in [-0.39, 0.29) is 5.82 Å². The van der Waals surface area contributed by atoms with Crippen LogP contribution in [0.3, 0.4) is 0 Å². The first-order valence-electron chi connectivity index (χ1n) is 3.06. The van der Waals surface area contributed by atoms with Gasteiger partial charge in [0.2, 0.25) is 0 Å². The highest BCUT2D eigenvalue weighted by Gasteiger charge is 2.15. The van der Waals surface area contributed by atoms with Crippen molar-refractivity contribution in [3.8, 4) is 0 Å². The fraction of sp³-hybridized carbons (Fsp3) is 0.250. The molecule has 1 heteroatoms. The van der Waals surface area contributed by atoms with Crippen LogP contribution in [0.1, 0.15) is 11.1 Å². The number of hydrogen-bond donors (Lipinski definition) is 0. The Morgan fingerprint density at radius 2 is 2.33 bits per heavy atom. The lowest BCUT2D eigenvalue weighted by atomic mass is 9.88. The molecule has 0 aromatic heterocycles. The first-order chi connectivity index (χ1) is 4.38. The molecular formula is C8H6F. The van der Waals surface area contributed by atoms with Gasteiger partial charge in [-0.15, -0.1) is 0 Å². The SMILES string of the molecule is Fc1cc[c]c2c1CC2. The lowest BCUT2D eigenvalue weighted by Gasteiger charge is -2.17. The zero-order valence-corrected chi connectivity index (χ0v) is 4.95. The number of hydrogen-bond acceptors (Lipinski definition) is 0. The number of benzene rings is 1. The molecule has 0 atom stereocenters. The standard InChI is InChI=1S/C8H6F/c9-8-3-1-2-6-4-5-7(6)8/h1,3H,4-5H2. The van der Waals surface area contributed by atoms with Crippen LogP contribution in [0.25, 0.3) is 0 Å². The molecule has 0 unspecified atom stereocenters. The van der Waals surface area contributed by atoms with Gasteiger partial charge in [0.05, 0.1) is 0 Å². The Morgan fingerprint density at radius 1 is 1.44 bits per heavy atom. The largest absolute Gasteiger partial charge is 0.207 e. The second-order valence-electron chi connectivity index (χ2n) is 2.28. The summed E-state index contributed by atoms with van der Waals surface area (Å²) in [5.74, 6) is -0.0602. The van der Waals surface area contributed by atoms with Crippen LogP contribution >= 0.6 is 0 Å². The first-order valence-corrected chi connectivity index (χ1v) is 3.06. The lowest BCUT2D eigenvalue weighted by Crippen LogP contribution is -2.10. The minimum absolute atomic E-state index is 0.0602. The molecule has 0 aliphatic heterocycles. The van der Waals surface area contributed by atoms with Gasteiger partial charge in [0.1, 0.15) is 5.82 Å². The maximum Gasteiger partial charge on any atom is 0.126 e. The average molecular weight is 121 g/mol. The van der Waals surface area contributed by atoms with E-state index in [0.717, 1.165) is 24.0 Å². The van der Waals surface area contributed by atoms with Crippen molar-refractivity contribution in [3.05, 3.63) is 35.1 Å². The predicted molar refractivity (Wildman–Crippen MR) is 32.6 cm³/mol. The van der Waals surface area contributed by atoms with Crippen molar-refractivity contribution in [2.75, 3.05) is 0 Å². The van der Waals surface area contributed by atoms with E-state index in [4.69, 9.17) is 0 Å². The van der Waals surface area contributed by atoms with Gasteiger partial charge in [-0.05, 0) is 36.1 Å². The maximum absolute atomic E-state index is 12.6. The maximum atomic E-state index is 12.6. The molecule has 45 valence electrons. The fourth-order valence-corrected chi connectivity index (χ4v) is 1.11. The Labute approximate surface area is 53.3 Å². The summed E-state index contributed by atoms with van der Waals surface area (Å²) in [5.41, 5.74) is 1.94. The normalized spacial score (nSPS) is 14.3. The first kappa shape index (κ1) is 4.98. The van der Waals surface area contributed by atoms with Gasteiger partial charge in [0.15, 0.2) is 0 Å². The van der Waals surface area contributed by atoms with E-state index in [1.807, 2.05) is 0 Å². The van der Waals surface area contributed by atoms with Crippen molar-refractivity contribution in [1.82, 2.24) is 0 Å². The third-order valence-corrected chi connectivity index (χ3v) is 1.76. The predicted octanol–water partition coefficient (Wildman–Crippen LogP) is 1.72. The molecule has 0 fully saturated rings. The Kier molecular flexibility index (Phi) is 0.865. The third-order valence-electron chi connectivity index (χ3n) is 1.76. The second-order valence-corrected chi connectivity index (χ2v) is 2.28. The highest BCUT2D eigenvalue weighted by atomic mass is 19.1. The molecule has 1 radical (unpaired) electrons. The van der Waals surface area contributed by atoms with E-state index in [1.54, 1.807) is 6.07 Å². The van der Waals surface area contributed by atoms with Gasteiger partial charge in [0.25, 0.3) is 0 Å². The van der Waals surface area contributed by atoms with Crippen molar-refractivity contribution in [1.29, 1.82) is 0 Å². The summed E-state index contributed by atoms with van der Waals surface area (Å²) in [4.78, 5) is 0. The quantitative estimate of drug-likeness (QED) is 0.490. The molecule has 2 rings (SSSR count). The van der Waals surface area contributed by atoms with Gasteiger partial charge >= 0.3 is 0 Å². The Balaban J connectivity index is 2.64. The van der Waals surface area contributed by atoms with Crippen LogP contribution in [0.5, 0.6) is 0 Å². The van der Waals surface area contributed by atoms with Crippen LogP contribution in [0.2, 0.25) is 0 Å². The molecular weight excluding hydrogens is 115 g/mol.